The molecule has 2 heterocycles. The van der Waals surface area contributed by atoms with Gasteiger partial charge in [-0.3, -0.25) is 9.78 Å². The number of halogens is 3. The molecule has 0 aromatic carbocycles. The van der Waals surface area contributed by atoms with Gasteiger partial charge in [-0.1, -0.05) is 0 Å². The maximum absolute atomic E-state index is 12.4. The fourth-order valence-electron chi connectivity index (χ4n) is 3.28. The van der Waals surface area contributed by atoms with E-state index in [1.54, 1.807) is 18.5 Å². The summed E-state index contributed by atoms with van der Waals surface area (Å²) < 4.78 is 38.6. The molecule has 146 valence electrons. The zero-order chi connectivity index (χ0) is 19.4. The predicted molar refractivity (Wildman–Crippen MR) is 93.1 cm³/mol. The normalized spacial score (nSPS) is 21.8. The summed E-state index contributed by atoms with van der Waals surface area (Å²) in [6, 6.07) is 6.56. The molecule has 1 atom stereocenters. The highest BCUT2D eigenvalue weighted by molar-refractivity contribution is 5.57. The van der Waals surface area contributed by atoms with E-state index in [1.165, 1.54) is 10.7 Å². The van der Waals surface area contributed by atoms with Crippen LogP contribution in [0.2, 0.25) is 0 Å². The van der Waals surface area contributed by atoms with Crippen LogP contribution in [-0.2, 0) is 0 Å². The molecule has 0 radical (unpaired) electrons. The molecule has 1 saturated carbocycles. The topological polar surface area (TPSA) is 80.0 Å². The first kappa shape index (κ1) is 19.5. The molecule has 0 amide bonds. The second kappa shape index (κ2) is 8.18. The number of rotatable bonds is 5. The summed E-state index contributed by atoms with van der Waals surface area (Å²) in [5, 5.41) is 16.3. The van der Waals surface area contributed by atoms with Gasteiger partial charge in [0.25, 0.3) is 5.56 Å². The number of nitrogens with one attached hydrogen (secondary N) is 1. The Bertz CT molecular complexity index is 802. The van der Waals surface area contributed by atoms with Gasteiger partial charge >= 0.3 is 6.18 Å². The summed E-state index contributed by atoms with van der Waals surface area (Å²) in [5.41, 5.74) is 1.33. The molecular weight excluding hydrogens is 361 g/mol. The largest absolute Gasteiger partial charge is 0.415 e. The van der Waals surface area contributed by atoms with E-state index in [0.717, 1.165) is 5.56 Å². The maximum Gasteiger partial charge on any atom is 0.415 e. The summed E-state index contributed by atoms with van der Waals surface area (Å²) in [6.07, 6.45) is -1.19. The van der Waals surface area contributed by atoms with Crippen LogP contribution in [0.5, 0.6) is 0 Å². The van der Waals surface area contributed by atoms with Crippen molar-refractivity contribution in [3.8, 4) is 11.3 Å². The molecule has 1 aliphatic rings. The molecule has 0 bridgehead atoms. The Morgan fingerprint density at radius 3 is 2.44 bits per heavy atom. The van der Waals surface area contributed by atoms with Crippen molar-refractivity contribution in [2.24, 2.45) is 0 Å². The van der Waals surface area contributed by atoms with Gasteiger partial charge < -0.3 is 10.4 Å². The van der Waals surface area contributed by atoms with Gasteiger partial charge in [-0.15, -0.1) is 0 Å². The first-order valence-electron chi connectivity index (χ1n) is 8.83. The second-order valence-electron chi connectivity index (χ2n) is 6.71. The number of hydrogen-bond acceptors (Lipinski definition) is 5. The number of hydrogen-bond donors (Lipinski definition) is 2. The zero-order valence-electron chi connectivity index (χ0n) is 14.6. The van der Waals surface area contributed by atoms with Crippen molar-refractivity contribution in [3.63, 3.8) is 0 Å². The van der Waals surface area contributed by atoms with Gasteiger partial charge in [0.1, 0.15) is 0 Å². The van der Waals surface area contributed by atoms with E-state index >= 15 is 0 Å². The van der Waals surface area contributed by atoms with Crippen molar-refractivity contribution in [3.05, 3.63) is 47.0 Å². The van der Waals surface area contributed by atoms with Gasteiger partial charge in [0.2, 0.25) is 0 Å². The van der Waals surface area contributed by atoms with Crippen LogP contribution in [0.15, 0.2) is 41.5 Å². The Morgan fingerprint density at radius 2 is 1.81 bits per heavy atom. The van der Waals surface area contributed by atoms with Gasteiger partial charge in [0.05, 0.1) is 11.7 Å². The Hall–Kier alpha value is -2.26. The van der Waals surface area contributed by atoms with Gasteiger partial charge in [0.15, 0.2) is 6.10 Å². The van der Waals surface area contributed by atoms with Gasteiger partial charge in [0, 0.05) is 36.6 Å². The van der Waals surface area contributed by atoms with E-state index in [-0.39, 0.29) is 17.6 Å². The lowest BCUT2D eigenvalue weighted by Crippen LogP contribution is -2.44. The average Bonchev–Trinajstić information content (AvgIpc) is 2.67. The van der Waals surface area contributed by atoms with E-state index in [4.69, 9.17) is 5.11 Å². The minimum absolute atomic E-state index is 0.0927. The Kier molecular flexibility index (Phi) is 5.91. The molecule has 2 aromatic heterocycles. The molecule has 1 fully saturated rings. The molecule has 27 heavy (non-hydrogen) atoms. The quantitative estimate of drug-likeness (QED) is 0.830. The van der Waals surface area contributed by atoms with Gasteiger partial charge in [-0.25, -0.2) is 4.68 Å². The fraction of sp³-hybridized carbons (Fsp3) is 0.500. The first-order valence-corrected chi connectivity index (χ1v) is 8.83. The maximum atomic E-state index is 12.4. The van der Waals surface area contributed by atoms with Gasteiger partial charge in [-0.05, 0) is 43.9 Å². The van der Waals surface area contributed by atoms with Crippen LogP contribution in [0.25, 0.3) is 11.3 Å². The summed E-state index contributed by atoms with van der Waals surface area (Å²) in [7, 11) is 0. The number of aromatic nitrogens is 3. The van der Waals surface area contributed by atoms with Crippen LogP contribution < -0.4 is 10.9 Å². The van der Waals surface area contributed by atoms with Crippen LogP contribution in [-0.4, -0.2) is 44.7 Å². The molecule has 0 aliphatic heterocycles. The van der Waals surface area contributed by atoms with Gasteiger partial charge in [-0.2, -0.15) is 18.3 Å². The van der Waals surface area contributed by atoms with Crippen LogP contribution in [0.4, 0.5) is 13.2 Å². The van der Waals surface area contributed by atoms with Crippen molar-refractivity contribution in [1.82, 2.24) is 20.1 Å². The minimum Gasteiger partial charge on any atom is -0.382 e. The third kappa shape index (κ3) is 4.92. The van der Waals surface area contributed by atoms with Crippen LogP contribution in [0.1, 0.15) is 31.7 Å². The lowest BCUT2D eigenvalue weighted by Gasteiger charge is -2.30. The first-order chi connectivity index (χ1) is 12.8. The standard InChI is InChI=1S/C18H21F3N4O2/c19-18(20,21)16(26)11-23-13-1-3-14(4-2-13)25-17(27)6-5-15(24-25)12-7-9-22-10-8-12/h5-10,13-14,16,23,26H,1-4,11H2. The zero-order valence-corrected chi connectivity index (χ0v) is 14.6. The lowest BCUT2D eigenvalue weighted by atomic mass is 9.91. The molecule has 0 saturated heterocycles. The monoisotopic (exact) mass is 382 g/mol. The van der Waals surface area contributed by atoms with E-state index in [9.17, 15) is 18.0 Å². The van der Waals surface area contributed by atoms with Crippen molar-refractivity contribution in [1.29, 1.82) is 0 Å². The molecule has 0 spiro atoms. The van der Waals surface area contributed by atoms with Crippen molar-refractivity contribution < 1.29 is 18.3 Å². The molecule has 2 aromatic rings. The predicted octanol–water partition coefficient (Wildman–Crippen LogP) is 2.30. The highest BCUT2D eigenvalue weighted by Gasteiger charge is 2.38. The Morgan fingerprint density at radius 1 is 1.15 bits per heavy atom. The summed E-state index contributed by atoms with van der Waals surface area (Å²) in [6.45, 7) is -0.519. The Labute approximate surface area is 154 Å². The van der Waals surface area contributed by atoms with Crippen molar-refractivity contribution in [2.75, 3.05) is 6.54 Å². The molecule has 6 nitrogen and oxygen atoms in total. The summed E-state index contributed by atoms with van der Waals surface area (Å²) >= 11 is 0. The second-order valence-corrected chi connectivity index (χ2v) is 6.71. The molecule has 9 heteroatoms. The Balaban J connectivity index is 1.62. The van der Waals surface area contributed by atoms with E-state index in [2.05, 4.69) is 15.4 Å². The number of alkyl halides is 3. The van der Waals surface area contributed by atoms with E-state index in [0.29, 0.717) is 31.4 Å². The SMILES string of the molecule is O=c1ccc(-c2ccncc2)nn1C1CCC(NCC(O)C(F)(F)F)CC1. The molecule has 2 N–H and O–H groups in total. The van der Waals surface area contributed by atoms with E-state index < -0.39 is 18.8 Å². The highest BCUT2D eigenvalue weighted by atomic mass is 19.4. The summed E-state index contributed by atoms with van der Waals surface area (Å²) in [5.74, 6) is 0. The highest BCUT2D eigenvalue weighted by Crippen LogP contribution is 2.28. The molecule has 3 rings (SSSR count). The average molecular weight is 382 g/mol. The van der Waals surface area contributed by atoms with Crippen molar-refractivity contribution >= 4 is 0 Å². The van der Waals surface area contributed by atoms with Crippen molar-refractivity contribution in [2.45, 2.75) is 50.0 Å². The number of aliphatic hydroxyl groups excluding tert-OH is 1. The fourth-order valence-corrected chi connectivity index (χ4v) is 3.28. The number of aliphatic hydroxyl groups is 1. The third-order valence-corrected chi connectivity index (χ3v) is 4.82. The molecule has 1 aliphatic carbocycles. The van der Waals surface area contributed by atoms with E-state index in [1.807, 2.05) is 12.1 Å². The third-order valence-electron chi connectivity index (χ3n) is 4.82. The number of pyridine rings is 1. The van der Waals surface area contributed by atoms with Crippen LogP contribution >= 0.6 is 0 Å². The minimum atomic E-state index is -4.62. The smallest absolute Gasteiger partial charge is 0.382 e. The van der Waals surface area contributed by atoms with Crippen LogP contribution in [0.3, 0.4) is 0 Å². The number of nitrogens with zero attached hydrogens (tertiary/aromatic N) is 3. The van der Waals surface area contributed by atoms with Crippen LogP contribution in [0, 0.1) is 0 Å². The summed E-state index contributed by atoms with van der Waals surface area (Å²) in [4.78, 5) is 16.2. The molecule has 1 unspecified atom stereocenters. The lowest BCUT2D eigenvalue weighted by molar-refractivity contribution is -0.202. The molecular formula is C18H21F3N4O2.